The maximum Gasteiger partial charge on any atom is 0.160 e. The molecule has 1 aliphatic rings. The Morgan fingerprint density at radius 1 is 1.57 bits per heavy atom. The fourth-order valence-corrected chi connectivity index (χ4v) is 3.58. The molecular weight excluding hydrogens is 214 g/mol. The van der Waals surface area contributed by atoms with Gasteiger partial charge in [-0.05, 0) is 19.1 Å². The average molecular weight is 227 g/mol. The van der Waals surface area contributed by atoms with Gasteiger partial charge in [-0.2, -0.15) is 11.8 Å². The van der Waals surface area contributed by atoms with Gasteiger partial charge in [0.05, 0.1) is 9.88 Å². The highest BCUT2D eigenvalue weighted by Gasteiger charge is 2.19. The fourth-order valence-electron chi connectivity index (χ4n) is 1.61. The number of carbonyl (C=O) groups excluding carboxylic acids is 1. The molecule has 0 bridgehead atoms. The number of hydrogen-bond acceptors (Lipinski definition) is 4. The minimum atomic E-state index is 0.590. The summed E-state index contributed by atoms with van der Waals surface area (Å²) in [6.45, 7) is 3.34. The van der Waals surface area contributed by atoms with Crippen molar-refractivity contribution in [1.29, 1.82) is 0 Å². The Labute approximate surface area is 92.3 Å². The second kappa shape index (κ2) is 4.36. The normalized spacial score (nSPS) is 22.4. The topological polar surface area (TPSA) is 20.3 Å². The maximum atomic E-state index is 10.6. The number of thioether (sulfide) groups is 1. The molecule has 0 aromatic carbocycles. The Morgan fingerprint density at radius 3 is 3.07 bits per heavy atom. The van der Waals surface area contributed by atoms with Crippen molar-refractivity contribution in [2.45, 2.75) is 13.0 Å². The van der Waals surface area contributed by atoms with Gasteiger partial charge in [-0.3, -0.25) is 4.79 Å². The summed E-state index contributed by atoms with van der Waals surface area (Å²) < 4.78 is 0. The Kier molecular flexibility index (Phi) is 3.13. The maximum absolute atomic E-state index is 10.6. The summed E-state index contributed by atoms with van der Waals surface area (Å²) in [7, 11) is 0. The van der Waals surface area contributed by atoms with Gasteiger partial charge in [-0.1, -0.05) is 0 Å². The molecule has 0 spiro atoms. The number of nitrogens with zero attached hydrogens (tertiary/aromatic N) is 1. The van der Waals surface area contributed by atoms with Gasteiger partial charge in [-0.25, -0.2) is 0 Å². The standard InChI is InChI=1S/C10H13NOS2/c1-8-7-13-5-4-11(8)10-3-2-9(6-12)14-10/h2-3,6,8H,4-5,7H2,1H3. The summed E-state index contributed by atoms with van der Waals surface area (Å²) in [4.78, 5) is 13.8. The Bertz CT molecular complexity index is 324. The van der Waals surface area contributed by atoms with E-state index in [1.165, 1.54) is 16.5 Å². The van der Waals surface area contributed by atoms with Gasteiger partial charge >= 0.3 is 0 Å². The van der Waals surface area contributed by atoms with Crippen LogP contribution in [0.25, 0.3) is 0 Å². The quantitative estimate of drug-likeness (QED) is 0.724. The monoisotopic (exact) mass is 227 g/mol. The molecule has 4 heteroatoms. The number of hydrogen-bond donors (Lipinski definition) is 0. The molecule has 0 radical (unpaired) electrons. The van der Waals surface area contributed by atoms with Crippen molar-refractivity contribution in [3.63, 3.8) is 0 Å². The molecule has 1 aromatic rings. The van der Waals surface area contributed by atoms with Gasteiger partial charge < -0.3 is 4.90 Å². The lowest BCUT2D eigenvalue weighted by molar-refractivity contribution is 0.112. The summed E-state index contributed by atoms with van der Waals surface area (Å²) in [5.74, 6) is 2.38. The first kappa shape index (κ1) is 10.1. The van der Waals surface area contributed by atoms with Gasteiger partial charge in [0.1, 0.15) is 0 Å². The van der Waals surface area contributed by atoms with Crippen LogP contribution in [0.4, 0.5) is 5.00 Å². The van der Waals surface area contributed by atoms with Gasteiger partial charge in [0.15, 0.2) is 6.29 Å². The highest BCUT2D eigenvalue weighted by atomic mass is 32.2. The minimum absolute atomic E-state index is 0.590. The van der Waals surface area contributed by atoms with E-state index in [2.05, 4.69) is 17.9 Å². The van der Waals surface area contributed by atoms with Crippen LogP contribution in [0.1, 0.15) is 16.6 Å². The van der Waals surface area contributed by atoms with E-state index >= 15 is 0 Å². The third kappa shape index (κ3) is 1.96. The van der Waals surface area contributed by atoms with Gasteiger partial charge in [-0.15, -0.1) is 11.3 Å². The second-order valence-corrected chi connectivity index (χ2v) is 5.65. The fraction of sp³-hybridized carbons (Fsp3) is 0.500. The molecule has 1 saturated heterocycles. The SMILES string of the molecule is CC1CSCCN1c1ccc(C=O)s1. The second-order valence-electron chi connectivity index (χ2n) is 3.41. The van der Waals surface area contributed by atoms with E-state index in [1.54, 1.807) is 11.3 Å². The van der Waals surface area contributed by atoms with Crippen LogP contribution in [-0.2, 0) is 0 Å². The number of thiophene rings is 1. The smallest absolute Gasteiger partial charge is 0.160 e. The van der Waals surface area contributed by atoms with E-state index in [9.17, 15) is 4.79 Å². The first-order valence-corrected chi connectivity index (χ1v) is 6.68. The lowest BCUT2D eigenvalue weighted by atomic mass is 10.3. The molecule has 1 atom stereocenters. The van der Waals surface area contributed by atoms with Gasteiger partial charge in [0.25, 0.3) is 0 Å². The zero-order valence-electron chi connectivity index (χ0n) is 8.10. The van der Waals surface area contributed by atoms with Crippen molar-refractivity contribution >= 4 is 34.4 Å². The van der Waals surface area contributed by atoms with Crippen LogP contribution in [0.2, 0.25) is 0 Å². The van der Waals surface area contributed by atoms with Crippen LogP contribution in [0.5, 0.6) is 0 Å². The predicted molar refractivity (Wildman–Crippen MR) is 63.8 cm³/mol. The molecule has 0 aliphatic carbocycles. The molecule has 76 valence electrons. The van der Waals surface area contributed by atoms with Crippen molar-refractivity contribution in [2.75, 3.05) is 23.0 Å². The predicted octanol–water partition coefficient (Wildman–Crippen LogP) is 2.50. The Morgan fingerprint density at radius 2 is 2.43 bits per heavy atom. The van der Waals surface area contributed by atoms with Crippen molar-refractivity contribution in [1.82, 2.24) is 0 Å². The van der Waals surface area contributed by atoms with E-state index < -0.39 is 0 Å². The number of aldehydes is 1. The van der Waals surface area contributed by atoms with Crippen LogP contribution in [0, 0.1) is 0 Å². The zero-order valence-corrected chi connectivity index (χ0v) is 9.74. The van der Waals surface area contributed by atoms with Gasteiger partial charge in [0.2, 0.25) is 0 Å². The van der Waals surface area contributed by atoms with Crippen LogP contribution in [0.3, 0.4) is 0 Å². The molecular formula is C10H13NOS2. The highest BCUT2D eigenvalue weighted by molar-refractivity contribution is 7.99. The number of carbonyl (C=O) groups is 1. The zero-order chi connectivity index (χ0) is 9.97. The lowest BCUT2D eigenvalue weighted by Crippen LogP contribution is -2.39. The molecule has 1 aromatic heterocycles. The van der Waals surface area contributed by atoms with Crippen LogP contribution in [0.15, 0.2) is 12.1 Å². The van der Waals surface area contributed by atoms with Crippen molar-refractivity contribution in [3.05, 3.63) is 17.0 Å². The number of anilines is 1. The van der Waals surface area contributed by atoms with E-state index in [0.29, 0.717) is 6.04 Å². The van der Waals surface area contributed by atoms with Crippen molar-refractivity contribution in [2.24, 2.45) is 0 Å². The average Bonchev–Trinajstić information content (AvgIpc) is 2.67. The highest BCUT2D eigenvalue weighted by Crippen LogP contribution is 2.29. The summed E-state index contributed by atoms with van der Waals surface area (Å²) in [5.41, 5.74) is 0. The largest absolute Gasteiger partial charge is 0.359 e. The summed E-state index contributed by atoms with van der Waals surface area (Å²) in [6.07, 6.45) is 0.928. The van der Waals surface area contributed by atoms with Crippen molar-refractivity contribution in [3.8, 4) is 0 Å². The molecule has 2 heterocycles. The molecule has 1 aliphatic heterocycles. The molecule has 14 heavy (non-hydrogen) atoms. The summed E-state index contributed by atoms with van der Waals surface area (Å²) in [5, 5.41) is 1.24. The molecule has 2 rings (SSSR count). The molecule has 1 unspecified atom stereocenters. The molecule has 1 fully saturated rings. The molecule has 0 N–H and O–H groups in total. The molecule has 0 saturated carbocycles. The van der Waals surface area contributed by atoms with Gasteiger partial charge in [0, 0.05) is 24.1 Å². The third-order valence-electron chi connectivity index (χ3n) is 2.38. The minimum Gasteiger partial charge on any atom is -0.359 e. The van der Waals surface area contributed by atoms with E-state index in [-0.39, 0.29) is 0 Å². The van der Waals surface area contributed by atoms with E-state index in [1.807, 2.05) is 17.8 Å². The first-order valence-electron chi connectivity index (χ1n) is 4.70. The molecule has 0 amide bonds. The van der Waals surface area contributed by atoms with Crippen LogP contribution >= 0.6 is 23.1 Å². The van der Waals surface area contributed by atoms with E-state index in [4.69, 9.17) is 0 Å². The molecule has 2 nitrogen and oxygen atoms in total. The summed E-state index contributed by atoms with van der Waals surface area (Å²) in [6, 6.07) is 4.55. The van der Waals surface area contributed by atoms with Crippen LogP contribution < -0.4 is 4.90 Å². The van der Waals surface area contributed by atoms with Crippen LogP contribution in [-0.4, -0.2) is 30.4 Å². The Balaban J connectivity index is 2.16. The number of rotatable bonds is 2. The third-order valence-corrected chi connectivity index (χ3v) is 4.62. The first-order chi connectivity index (χ1) is 6.81. The van der Waals surface area contributed by atoms with Crippen molar-refractivity contribution < 1.29 is 4.79 Å². The Hall–Kier alpha value is -0.480. The lowest BCUT2D eigenvalue weighted by Gasteiger charge is -2.33. The van der Waals surface area contributed by atoms with E-state index in [0.717, 1.165) is 17.7 Å². The summed E-state index contributed by atoms with van der Waals surface area (Å²) >= 11 is 3.60.